The van der Waals surface area contributed by atoms with Crippen molar-refractivity contribution in [3.8, 4) is 0 Å². The van der Waals surface area contributed by atoms with E-state index in [1.165, 1.54) is 12.4 Å². The number of ether oxygens (including phenoxy) is 1. The summed E-state index contributed by atoms with van der Waals surface area (Å²) < 4.78 is 5.30. The number of hydrogen-bond donors (Lipinski definition) is 2. The minimum atomic E-state index is -0.622. The zero-order chi connectivity index (χ0) is 25.0. The molecule has 0 aliphatic heterocycles. The Morgan fingerprint density at radius 1 is 1.09 bits per heavy atom. The fourth-order valence-corrected chi connectivity index (χ4v) is 5.26. The van der Waals surface area contributed by atoms with Crippen molar-refractivity contribution in [3.05, 3.63) is 69.6 Å². The van der Waals surface area contributed by atoms with Crippen molar-refractivity contribution in [2.24, 2.45) is 5.41 Å². The lowest BCUT2D eigenvalue weighted by Crippen LogP contribution is -2.52. The Hall–Kier alpha value is -2.90. The SMILES string of the molecule is CCOC(=O)C(Cc1ccc(NC(=O)c2c(Cl)cncc2Cl)cc1)NC1=CC(=O)C12CCCCC2. The van der Waals surface area contributed by atoms with Crippen LogP contribution < -0.4 is 10.6 Å². The molecule has 2 aliphatic carbocycles. The third-order valence-electron chi connectivity index (χ3n) is 6.60. The van der Waals surface area contributed by atoms with Crippen LogP contribution in [0, 0.1) is 5.41 Å². The number of carbonyl (C=O) groups is 3. The molecule has 35 heavy (non-hydrogen) atoms. The molecule has 1 unspecified atom stereocenters. The van der Waals surface area contributed by atoms with Crippen LogP contribution in [0.2, 0.25) is 10.0 Å². The number of nitrogens with zero attached hydrogens (tertiary/aromatic N) is 1. The van der Waals surface area contributed by atoms with E-state index in [9.17, 15) is 14.4 Å². The first-order valence-electron chi connectivity index (χ1n) is 11.7. The molecule has 7 nitrogen and oxygen atoms in total. The Morgan fingerprint density at radius 3 is 2.34 bits per heavy atom. The molecule has 0 radical (unpaired) electrons. The number of esters is 1. The van der Waals surface area contributed by atoms with Crippen LogP contribution in [0.15, 0.2) is 48.4 Å². The van der Waals surface area contributed by atoms with Crippen molar-refractivity contribution in [1.29, 1.82) is 0 Å². The third-order valence-corrected chi connectivity index (χ3v) is 7.18. The zero-order valence-corrected chi connectivity index (χ0v) is 20.9. The van der Waals surface area contributed by atoms with Crippen molar-refractivity contribution < 1.29 is 19.1 Å². The van der Waals surface area contributed by atoms with E-state index in [4.69, 9.17) is 27.9 Å². The summed E-state index contributed by atoms with van der Waals surface area (Å²) in [5, 5.41) is 6.41. The van der Waals surface area contributed by atoms with Gasteiger partial charge in [-0.2, -0.15) is 0 Å². The molecule has 2 N–H and O–H groups in total. The van der Waals surface area contributed by atoms with E-state index in [2.05, 4.69) is 15.6 Å². The van der Waals surface area contributed by atoms with Gasteiger partial charge in [-0.25, -0.2) is 4.79 Å². The molecule has 1 fully saturated rings. The Balaban J connectivity index is 1.45. The van der Waals surface area contributed by atoms with Crippen LogP contribution >= 0.6 is 23.2 Å². The maximum atomic E-state index is 12.7. The molecule has 0 saturated heterocycles. The highest BCUT2D eigenvalue weighted by atomic mass is 35.5. The van der Waals surface area contributed by atoms with E-state index < -0.39 is 17.4 Å². The number of rotatable bonds is 8. The van der Waals surface area contributed by atoms with Crippen LogP contribution in [0.25, 0.3) is 0 Å². The molecule has 1 heterocycles. The Morgan fingerprint density at radius 2 is 1.74 bits per heavy atom. The minimum absolute atomic E-state index is 0.150. The number of pyridine rings is 1. The summed E-state index contributed by atoms with van der Waals surface area (Å²) in [6.07, 6.45) is 9.50. The van der Waals surface area contributed by atoms with Gasteiger partial charge in [0.15, 0.2) is 5.78 Å². The Labute approximate surface area is 214 Å². The largest absolute Gasteiger partial charge is 0.464 e. The molecular formula is C26H27Cl2N3O4. The normalized spacial score (nSPS) is 17.2. The first kappa shape index (κ1) is 25.2. The van der Waals surface area contributed by atoms with Gasteiger partial charge in [-0.05, 0) is 37.5 Å². The number of benzene rings is 1. The lowest BCUT2D eigenvalue weighted by molar-refractivity contribution is -0.146. The van der Waals surface area contributed by atoms with E-state index in [0.29, 0.717) is 12.1 Å². The van der Waals surface area contributed by atoms with Crippen LogP contribution in [-0.2, 0) is 20.7 Å². The topological polar surface area (TPSA) is 97.4 Å². The van der Waals surface area contributed by atoms with E-state index in [1.54, 1.807) is 25.1 Å². The van der Waals surface area contributed by atoms with E-state index in [1.807, 2.05) is 12.1 Å². The highest BCUT2D eigenvalue weighted by Gasteiger charge is 2.49. The van der Waals surface area contributed by atoms with Crippen molar-refractivity contribution in [2.75, 3.05) is 11.9 Å². The molecule has 9 heteroatoms. The molecule has 1 spiro atoms. The molecule has 1 saturated carbocycles. The summed E-state index contributed by atoms with van der Waals surface area (Å²) >= 11 is 12.1. The minimum Gasteiger partial charge on any atom is -0.464 e. The second-order valence-corrected chi connectivity index (χ2v) is 9.66. The fraction of sp³-hybridized carbons (Fsp3) is 0.385. The molecule has 0 bridgehead atoms. The lowest BCUT2D eigenvalue weighted by Gasteiger charge is -2.44. The van der Waals surface area contributed by atoms with Crippen molar-refractivity contribution in [2.45, 2.75) is 51.5 Å². The average molecular weight is 516 g/mol. The quantitative estimate of drug-likeness (QED) is 0.473. The fourth-order valence-electron chi connectivity index (χ4n) is 4.72. The van der Waals surface area contributed by atoms with Gasteiger partial charge in [0, 0.05) is 36.3 Å². The van der Waals surface area contributed by atoms with E-state index in [-0.39, 0.29) is 34.0 Å². The van der Waals surface area contributed by atoms with Gasteiger partial charge in [-0.3, -0.25) is 14.6 Å². The van der Waals surface area contributed by atoms with Gasteiger partial charge in [0.25, 0.3) is 5.91 Å². The first-order chi connectivity index (χ1) is 16.8. The molecule has 1 aromatic heterocycles. The third kappa shape index (κ3) is 5.36. The van der Waals surface area contributed by atoms with Gasteiger partial charge in [-0.1, -0.05) is 54.6 Å². The predicted octanol–water partition coefficient (Wildman–Crippen LogP) is 5.12. The number of hydrogen-bond acceptors (Lipinski definition) is 6. The summed E-state index contributed by atoms with van der Waals surface area (Å²) in [5.74, 6) is -0.657. The Kier molecular flexibility index (Phi) is 7.77. The highest BCUT2D eigenvalue weighted by molar-refractivity contribution is 6.40. The van der Waals surface area contributed by atoms with E-state index in [0.717, 1.165) is 43.4 Å². The van der Waals surface area contributed by atoms with Crippen LogP contribution in [0.1, 0.15) is 54.9 Å². The lowest BCUT2D eigenvalue weighted by atomic mass is 9.62. The number of aromatic nitrogens is 1. The van der Waals surface area contributed by atoms with Gasteiger partial charge < -0.3 is 15.4 Å². The van der Waals surface area contributed by atoms with Crippen LogP contribution in [0.3, 0.4) is 0 Å². The molecule has 2 aromatic rings. The molecule has 1 atom stereocenters. The first-order valence-corrected chi connectivity index (χ1v) is 12.5. The summed E-state index contributed by atoms with van der Waals surface area (Å²) in [5.41, 5.74) is 1.95. The smallest absolute Gasteiger partial charge is 0.328 e. The molecule has 4 rings (SSSR count). The van der Waals surface area contributed by atoms with Crippen LogP contribution in [-0.4, -0.2) is 35.3 Å². The van der Waals surface area contributed by atoms with Gasteiger partial charge in [-0.15, -0.1) is 0 Å². The molecular weight excluding hydrogens is 489 g/mol. The highest BCUT2D eigenvalue weighted by Crippen LogP contribution is 2.48. The summed E-state index contributed by atoms with van der Waals surface area (Å²) in [6, 6.07) is 6.52. The molecule has 1 amide bonds. The van der Waals surface area contributed by atoms with Gasteiger partial charge in [0.1, 0.15) is 6.04 Å². The van der Waals surface area contributed by atoms with E-state index >= 15 is 0 Å². The van der Waals surface area contributed by atoms with Crippen molar-refractivity contribution in [3.63, 3.8) is 0 Å². The van der Waals surface area contributed by atoms with Gasteiger partial charge >= 0.3 is 5.97 Å². The maximum Gasteiger partial charge on any atom is 0.328 e. The Bertz CT molecular complexity index is 1140. The summed E-state index contributed by atoms with van der Waals surface area (Å²) in [4.78, 5) is 41.6. The second kappa shape index (κ2) is 10.8. The maximum absolute atomic E-state index is 12.7. The predicted molar refractivity (Wildman–Crippen MR) is 135 cm³/mol. The molecule has 2 aliphatic rings. The van der Waals surface area contributed by atoms with Crippen molar-refractivity contribution >= 4 is 46.5 Å². The summed E-state index contributed by atoms with van der Waals surface area (Å²) in [6.45, 7) is 2.04. The van der Waals surface area contributed by atoms with Crippen LogP contribution in [0.4, 0.5) is 5.69 Å². The number of amides is 1. The van der Waals surface area contributed by atoms with Crippen LogP contribution in [0.5, 0.6) is 0 Å². The molecule has 184 valence electrons. The summed E-state index contributed by atoms with van der Waals surface area (Å²) in [7, 11) is 0. The molecule has 1 aromatic carbocycles. The number of ketones is 1. The second-order valence-electron chi connectivity index (χ2n) is 8.85. The van der Waals surface area contributed by atoms with Gasteiger partial charge in [0.2, 0.25) is 0 Å². The monoisotopic (exact) mass is 515 g/mol. The number of carbonyl (C=O) groups excluding carboxylic acids is 3. The zero-order valence-electron chi connectivity index (χ0n) is 19.4. The van der Waals surface area contributed by atoms with Crippen molar-refractivity contribution in [1.82, 2.24) is 10.3 Å². The number of anilines is 1. The standard InChI is InChI=1S/C26H27Cl2N3O4/c1-2-35-25(34)20(31-21-13-22(32)26(21)10-4-3-5-11-26)12-16-6-8-17(9-7-16)30-24(33)23-18(27)14-29-15-19(23)28/h6-9,13-15,20,31H,2-5,10-12H2,1H3,(H,30,33). The number of allylic oxidation sites excluding steroid dienone is 2. The number of nitrogens with one attached hydrogen (secondary N) is 2. The van der Waals surface area contributed by atoms with Gasteiger partial charge in [0.05, 0.1) is 27.6 Å². The average Bonchev–Trinajstić information content (AvgIpc) is 2.85. The number of halogens is 2.